The van der Waals surface area contributed by atoms with Gasteiger partial charge in [0.2, 0.25) is 5.91 Å². The lowest BCUT2D eigenvalue weighted by molar-refractivity contribution is -0.125. The zero-order valence-electron chi connectivity index (χ0n) is 15.4. The van der Waals surface area contributed by atoms with Crippen molar-refractivity contribution in [1.29, 1.82) is 0 Å². The molecule has 2 amide bonds. The lowest BCUT2D eigenvalue weighted by Gasteiger charge is -2.35. The molecule has 142 valence electrons. The van der Waals surface area contributed by atoms with E-state index in [1.54, 1.807) is 23.9 Å². The van der Waals surface area contributed by atoms with Crippen LogP contribution in [-0.4, -0.2) is 39.9 Å². The van der Waals surface area contributed by atoms with E-state index < -0.39 is 6.04 Å². The van der Waals surface area contributed by atoms with Crippen LogP contribution in [0.1, 0.15) is 56.3 Å². The summed E-state index contributed by atoms with van der Waals surface area (Å²) in [6.45, 7) is 3.89. The Morgan fingerprint density at radius 1 is 1.19 bits per heavy atom. The van der Waals surface area contributed by atoms with E-state index in [1.165, 1.54) is 19.3 Å². The monoisotopic (exact) mass is 394 g/mol. The maximum absolute atomic E-state index is 13.4. The van der Waals surface area contributed by atoms with E-state index in [4.69, 9.17) is 11.6 Å². The van der Waals surface area contributed by atoms with Crippen LogP contribution in [0.5, 0.6) is 0 Å². The fourth-order valence-corrected chi connectivity index (χ4v) is 5.78. The van der Waals surface area contributed by atoms with E-state index in [-0.39, 0.29) is 23.2 Å². The summed E-state index contributed by atoms with van der Waals surface area (Å²) in [5, 5.41) is 3.48. The molecule has 0 radical (unpaired) electrons. The van der Waals surface area contributed by atoms with E-state index in [1.807, 2.05) is 30.9 Å². The molecule has 2 fully saturated rings. The lowest BCUT2D eigenvalue weighted by Crippen LogP contribution is -2.52. The van der Waals surface area contributed by atoms with Gasteiger partial charge in [0, 0.05) is 11.8 Å². The van der Waals surface area contributed by atoms with Crippen LogP contribution in [0.3, 0.4) is 0 Å². The number of carbonyl (C=O) groups excluding carboxylic acids is 2. The Morgan fingerprint density at radius 2 is 1.88 bits per heavy atom. The van der Waals surface area contributed by atoms with Gasteiger partial charge in [0.15, 0.2) is 0 Å². The minimum atomic E-state index is -0.432. The van der Waals surface area contributed by atoms with Gasteiger partial charge in [-0.3, -0.25) is 9.59 Å². The van der Waals surface area contributed by atoms with Crippen molar-refractivity contribution in [1.82, 2.24) is 10.2 Å². The zero-order chi connectivity index (χ0) is 18.7. The summed E-state index contributed by atoms with van der Waals surface area (Å²) in [6, 6.07) is 6.75. The zero-order valence-corrected chi connectivity index (χ0v) is 17.0. The summed E-state index contributed by atoms with van der Waals surface area (Å²) >= 11 is 8.04. The van der Waals surface area contributed by atoms with Gasteiger partial charge in [0.1, 0.15) is 6.04 Å². The summed E-state index contributed by atoms with van der Waals surface area (Å²) < 4.78 is 0. The Balaban J connectivity index is 1.89. The highest BCUT2D eigenvalue weighted by Crippen LogP contribution is 2.41. The standard InChI is InChI=1S/C20H27ClN2O2S/c1-13(2)22-18(24)17-12-26-20(14-8-4-3-5-9-14)23(17)19(25)15-10-6-7-11-16(15)21/h6-7,10-11,13-14,17,20H,3-5,8-9,12H2,1-2H3,(H,22,24)/t17-,20+/m0/s1. The third-order valence-corrected chi connectivity index (χ3v) is 6.95. The van der Waals surface area contributed by atoms with Gasteiger partial charge in [-0.15, -0.1) is 11.8 Å². The van der Waals surface area contributed by atoms with Crippen molar-refractivity contribution in [2.75, 3.05) is 5.75 Å². The topological polar surface area (TPSA) is 49.4 Å². The highest BCUT2D eigenvalue weighted by atomic mass is 35.5. The van der Waals surface area contributed by atoms with Crippen LogP contribution in [0.15, 0.2) is 24.3 Å². The van der Waals surface area contributed by atoms with Crippen LogP contribution in [0.2, 0.25) is 5.02 Å². The Labute approximate surface area is 165 Å². The second-order valence-corrected chi connectivity index (χ2v) is 9.05. The molecular formula is C20H27ClN2O2S. The normalized spacial score (nSPS) is 24.1. The summed E-state index contributed by atoms with van der Waals surface area (Å²) in [4.78, 5) is 28.0. The largest absolute Gasteiger partial charge is 0.352 e. The molecule has 1 saturated heterocycles. The molecule has 0 unspecified atom stereocenters. The molecular weight excluding hydrogens is 368 g/mol. The Hall–Kier alpha value is -1.20. The summed E-state index contributed by atoms with van der Waals surface area (Å²) in [7, 11) is 0. The molecule has 2 aliphatic rings. The highest BCUT2D eigenvalue weighted by molar-refractivity contribution is 8.00. The summed E-state index contributed by atoms with van der Waals surface area (Å²) in [5.41, 5.74) is 0.486. The van der Waals surface area contributed by atoms with Gasteiger partial charge in [0.25, 0.3) is 5.91 Å². The van der Waals surface area contributed by atoms with Crippen molar-refractivity contribution in [3.8, 4) is 0 Å². The molecule has 0 spiro atoms. The minimum Gasteiger partial charge on any atom is -0.352 e. The van der Waals surface area contributed by atoms with Crippen LogP contribution < -0.4 is 5.32 Å². The number of nitrogens with zero attached hydrogens (tertiary/aromatic N) is 1. The van der Waals surface area contributed by atoms with Gasteiger partial charge in [-0.2, -0.15) is 0 Å². The molecule has 1 aliphatic carbocycles. The maximum Gasteiger partial charge on any atom is 0.256 e. The van der Waals surface area contributed by atoms with Crippen molar-refractivity contribution in [3.05, 3.63) is 34.9 Å². The number of benzene rings is 1. The van der Waals surface area contributed by atoms with Crippen LogP contribution in [0.25, 0.3) is 0 Å². The van der Waals surface area contributed by atoms with Crippen LogP contribution in [0.4, 0.5) is 0 Å². The molecule has 1 heterocycles. The molecule has 4 nitrogen and oxygen atoms in total. The molecule has 3 rings (SSSR count). The third-order valence-electron chi connectivity index (χ3n) is 5.16. The second-order valence-electron chi connectivity index (χ2n) is 7.49. The van der Waals surface area contributed by atoms with Crippen LogP contribution >= 0.6 is 23.4 Å². The first-order chi connectivity index (χ1) is 12.5. The molecule has 0 bridgehead atoms. The Kier molecular flexibility index (Phi) is 6.51. The molecule has 1 aromatic rings. The average molecular weight is 395 g/mol. The van der Waals surface area contributed by atoms with E-state index in [0.29, 0.717) is 22.3 Å². The van der Waals surface area contributed by atoms with Crippen LogP contribution in [-0.2, 0) is 4.79 Å². The number of thioether (sulfide) groups is 1. The molecule has 2 atom stereocenters. The molecule has 1 saturated carbocycles. The van der Waals surface area contributed by atoms with Gasteiger partial charge in [-0.1, -0.05) is 43.0 Å². The number of nitrogens with one attached hydrogen (secondary N) is 1. The van der Waals surface area contributed by atoms with Gasteiger partial charge in [0.05, 0.1) is 16.0 Å². The highest BCUT2D eigenvalue weighted by Gasteiger charge is 2.45. The SMILES string of the molecule is CC(C)NC(=O)[C@@H]1CS[C@H](C2CCCCC2)N1C(=O)c1ccccc1Cl. The van der Waals surface area contributed by atoms with Gasteiger partial charge in [-0.25, -0.2) is 0 Å². The minimum absolute atomic E-state index is 0.0542. The molecule has 1 aliphatic heterocycles. The predicted octanol–water partition coefficient (Wildman–Crippen LogP) is 4.33. The van der Waals surface area contributed by atoms with E-state index in [9.17, 15) is 9.59 Å². The first-order valence-corrected chi connectivity index (χ1v) is 10.9. The van der Waals surface area contributed by atoms with Crippen molar-refractivity contribution < 1.29 is 9.59 Å². The smallest absolute Gasteiger partial charge is 0.256 e. The number of halogens is 1. The number of rotatable bonds is 4. The van der Waals surface area contributed by atoms with Crippen molar-refractivity contribution in [2.24, 2.45) is 5.92 Å². The fraction of sp³-hybridized carbons (Fsp3) is 0.600. The number of amides is 2. The summed E-state index contributed by atoms with van der Waals surface area (Å²) in [6.07, 6.45) is 5.94. The summed E-state index contributed by atoms with van der Waals surface area (Å²) in [5.74, 6) is 0.916. The molecule has 6 heteroatoms. The number of hydrogen-bond donors (Lipinski definition) is 1. The molecule has 1 aromatic carbocycles. The Bertz CT molecular complexity index is 661. The van der Waals surface area contributed by atoms with Crippen LogP contribution in [0, 0.1) is 5.92 Å². The molecule has 1 N–H and O–H groups in total. The lowest BCUT2D eigenvalue weighted by atomic mass is 9.88. The van der Waals surface area contributed by atoms with Gasteiger partial charge in [-0.05, 0) is 44.7 Å². The second kappa shape index (κ2) is 8.66. The molecule has 26 heavy (non-hydrogen) atoms. The van der Waals surface area contributed by atoms with Crippen molar-refractivity contribution in [3.63, 3.8) is 0 Å². The third kappa shape index (κ3) is 4.20. The van der Waals surface area contributed by atoms with Crippen molar-refractivity contribution >= 4 is 35.2 Å². The van der Waals surface area contributed by atoms with Gasteiger partial charge < -0.3 is 10.2 Å². The van der Waals surface area contributed by atoms with Gasteiger partial charge >= 0.3 is 0 Å². The number of carbonyl (C=O) groups is 2. The first kappa shape index (κ1) is 19.6. The van der Waals surface area contributed by atoms with Crippen molar-refractivity contribution in [2.45, 2.75) is 63.4 Å². The van der Waals surface area contributed by atoms with E-state index >= 15 is 0 Å². The molecule has 0 aromatic heterocycles. The maximum atomic E-state index is 13.4. The number of hydrogen-bond acceptors (Lipinski definition) is 3. The predicted molar refractivity (Wildman–Crippen MR) is 108 cm³/mol. The fourth-order valence-electron chi connectivity index (χ4n) is 3.92. The average Bonchev–Trinajstić information content (AvgIpc) is 3.07. The first-order valence-electron chi connectivity index (χ1n) is 9.48. The Morgan fingerprint density at radius 3 is 2.54 bits per heavy atom. The van der Waals surface area contributed by atoms with E-state index in [2.05, 4.69) is 5.32 Å². The quantitative estimate of drug-likeness (QED) is 0.826. The van der Waals surface area contributed by atoms with E-state index in [0.717, 1.165) is 12.8 Å².